The summed E-state index contributed by atoms with van der Waals surface area (Å²) in [5, 5.41) is 39.2. The summed E-state index contributed by atoms with van der Waals surface area (Å²) in [6.07, 6.45) is 6.71. The number of hydrogen-bond donors (Lipinski definition) is 4. The molecule has 4 rings (SSSR count). The van der Waals surface area contributed by atoms with Gasteiger partial charge in [-0.1, -0.05) is 111 Å². The van der Waals surface area contributed by atoms with Crippen LogP contribution < -0.4 is 0 Å². The molecule has 4 unspecified atom stereocenters. The van der Waals surface area contributed by atoms with E-state index in [0.29, 0.717) is 0 Å². The van der Waals surface area contributed by atoms with Crippen LogP contribution in [0.3, 0.4) is 0 Å². The normalized spacial score (nSPS) is 25.5. The van der Waals surface area contributed by atoms with Crippen molar-refractivity contribution in [3.8, 4) is 0 Å². The molecule has 4 aliphatic rings. The molecular formula is C16H16MoO8S8. The largest absolute Gasteiger partial charge is 0.480 e. The molecule has 33 heavy (non-hydrogen) atoms. The maximum absolute atomic E-state index is 10.1. The van der Waals surface area contributed by atoms with Crippen LogP contribution in [0, 0.1) is 0 Å². The molecule has 4 heterocycles. The average Bonchev–Trinajstić information content (AvgIpc) is 3.56. The van der Waals surface area contributed by atoms with Gasteiger partial charge in [0.05, 0.1) is 0 Å². The van der Waals surface area contributed by atoms with E-state index in [2.05, 4.69) is 0 Å². The summed E-state index contributed by atoms with van der Waals surface area (Å²) in [6, 6.07) is 0. The maximum atomic E-state index is 10.1. The fourth-order valence-electron chi connectivity index (χ4n) is 1.40. The molecule has 8 nitrogen and oxygen atoms in total. The number of hydrogen-bond acceptors (Lipinski definition) is 12. The fourth-order valence-corrected chi connectivity index (χ4v) is 9.06. The summed E-state index contributed by atoms with van der Waals surface area (Å²) in [7, 11) is 11.3. The Hall–Kier alpha value is 0.328. The van der Waals surface area contributed by atoms with Crippen LogP contribution in [0.15, 0.2) is 45.9 Å². The molecule has 0 spiro atoms. The summed E-state index contributed by atoms with van der Waals surface area (Å²) in [4.78, 5) is 40.5. The number of carboxylic acid groups (broad SMARTS) is 4. The first kappa shape index (κ1) is 33.3. The standard InChI is InChI=1S/4C4H4O2S2.Mo/c4*5-4(6)3-1-2-7-8-3;/h4*1-3H,(H,5,6);. The predicted molar refractivity (Wildman–Crippen MR) is 143 cm³/mol. The first-order chi connectivity index (χ1) is 15.2. The van der Waals surface area contributed by atoms with Crippen LogP contribution >= 0.6 is 86.4 Å². The molecule has 0 radical (unpaired) electrons. The van der Waals surface area contributed by atoms with Crippen molar-refractivity contribution < 1.29 is 60.7 Å². The number of aliphatic carboxylic acids is 4. The molecular weight excluding hydrogens is 673 g/mol. The van der Waals surface area contributed by atoms with Gasteiger partial charge in [0, 0.05) is 21.1 Å². The minimum atomic E-state index is -0.753. The molecule has 4 atom stereocenters. The van der Waals surface area contributed by atoms with Gasteiger partial charge in [0.15, 0.2) is 0 Å². The summed E-state index contributed by atoms with van der Waals surface area (Å²) >= 11 is 0. The van der Waals surface area contributed by atoms with Crippen LogP contribution in [0.1, 0.15) is 0 Å². The van der Waals surface area contributed by atoms with E-state index >= 15 is 0 Å². The summed E-state index contributed by atoms with van der Waals surface area (Å²) < 4.78 is 0. The van der Waals surface area contributed by atoms with Gasteiger partial charge in [-0.05, 0) is 21.6 Å². The van der Waals surface area contributed by atoms with Crippen LogP contribution in [0.5, 0.6) is 0 Å². The van der Waals surface area contributed by atoms with Gasteiger partial charge in [0.2, 0.25) is 0 Å². The molecule has 0 aromatic heterocycles. The van der Waals surface area contributed by atoms with Gasteiger partial charge >= 0.3 is 23.9 Å². The van der Waals surface area contributed by atoms with Crippen molar-refractivity contribution >= 4 is 110 Å². The predicted octanol–water partition coefficient (Wildman–Crippen LogP) is 5.39. The van der Waals surface area contributed by atoms with E-state index in [9.17, 15) is 19.2 Å². The zero-order chi connectivity index (χ0) is 23.9. The SMILES string of the molecule is O=C(O)C1C=CSS1.O=C(O)C1C=CSS1.O=C(O)C1C=CSS1.O=C(O)C1C=CSS1.[Mo]. The Labute approximate surface area is 235 Å². The second-order valence-electron chi connectivity index (χ2n) is 5.12. The summed E-state index contributed by atoms with van der Waals surface area (Å²) in [5.41, 5.74) is 0. The van der Waals surface area contributed by atoms with Crippen LogP contribution in [-0.2, 0) is 40.2 Å². The fraction of sp³-hybridized carbons (Fsp3) is 0.250. The molecule has 0 bridgehead atoms. The molecule has 0 saturated heterocycles. The number of carboxylic acids is 4. The van der Waals surface area contributed by atoms with Gasteiger partial charge in [0.25, 0.3) is 0 Å². The second kappa shape index (κ2) is 19.5. The van der Waals surface area contributed by atoms with Crippen molar-refractivity contribution in [3.63, 3.8) is 0 Å². The van der Waals surface area contributed by atoms with Crippen molar-refractivity contribution in [2.45, 2.75) is 21.0 Å². The van der Waals surface area contributed by atoms with Gasteiger partial charge in [-0.25, -0.2) is 0 Å². The minimum absolute atomic E-state index is 0. The molecule has 17 heteroatoms. The molecule has 0 aromatic carbocycles. The van der Waals surface area contributed by atoms with E-state index in [1.165, 1.54) is 86.4 Å². The molecule has 0 aromatic rings. The van der Waals surface area contributed by atoms with Crippen LogP contribution in [0.2, 0.25) is 0 Å². The van der Waals surface area contributed by atoms with Gasteiger partial charge < -0.3 is 20.4 Å². The molecule has 4 N–H and O–H groups in total. The Kier molecular flexibility index (Phi) is 19.7. The zero-order valence-corrected chi connectivity index (χ0v) is 24.6. The van der Waals surface area contributed by atoms with E-state index < -0.39 is 23.9 Å². The van der Waals surface area contributed by atoms with Crippen molar-refractivity contribution in [2.75, 3.05) is 0 Å². The van der Waals surface area contributed by atoms with Crippen molar-refractivity contribution in [2.24, 2.45) is 0 Å². The average molecular weight is 689 g/mol. The van der Waals surface area contributed by atoms with Crippen LogP contribution in [0.4, 0.5) is 0 Å². The Morgan fingerprint density at radius 1 is 0.455 bits per heavy atom. The Morgan fingerprint density at radius 3 is 0.697 bits per heavy atom. The third-order valence-electron chi connectivity index (χ3n) is 2.85. The van der Waals surface area contributed by atoms with Gasteiger partial charge in [-0.3, -0.25) is 19.2 Å². The first-order valence-electron chi connectivity index (χ1n) is 8.08. The Balaban J connectivity index is 0.000000410. The number of rotatable bonds is 4. The minimum Gasteiger partial charge on any atom is -0.480 e. The van der Waals surface area contributed by atoms with Crippen LogP contribution in [0.25, 0.3) is 0 Å². The Morgan fingerprint density at radius 2 is 0.636 bits per heavy atom. The number of carbonyl (C=O) groups is 4. The van der Waals surface area contributed by atoms with E-state index in [1.54, 1.807) is 45.9 Å². The quantitative estimate of drug-likeness (QED) is 0.221. The van der Waals surface area contributed by atoms with Gasteiger partial charge in [-0.15, -0.1) is 0 Å². The molecule has 0 saturated carbocycles. The van der Waals surface area contributed by atoms with E-state index in [-0.39, 0.29) is 42.1 Å². The summed E-state index contributed by atoms with van der Waals surface area (Å²) in [6.45, 7) is 0. The molecule has 0 aliphatic carbocycles. The van der Waals surface area contributed by atoms with Crippen molar-refractivity contribution in [1.82, 2.24) is 0 Å². The molecule has 0 fully saturated rings. The van der Waals surface area contributed by atoms with E-state index in [1.807, 2.05) is 0 Å². The zero-order valence-electron chi connectivity index (χ0n) is 16.0. The van der Waals surface area contributed by atoms with E-state index in [0.717, 1.165) is 0 Å². The van der Waals surface area contributed by atoms with Crippen LogP contribution in [-0.4, -0.2) is 65.3 Å². The van der Waals surface area contributed by atoms with Crippen molar-refractivity contribution in [3.05, 3.63) is 45.9 Å². The summed E-state index contributed by atoms with van der Waals surface area (Å²) in [5.74, 6) is -3.01. The third-order valence-corrected chi connectivity index (χ3v) is 11.8. The topological polar surface area (TPSA) is 149 Å². The molecule has 0 amide bonds. The second-order valence-corrected chi connectivity index (χ2v) is 14.4. The first-order valence-corrected chi connectivity index (χ1v) is 17.2. The van der Waals surface area contributed by atoms with Gasteiger partial charge in [0.1, 0.15) is 21.0 Å². The maximum Gasteiger partial charge on any atom is 0.321 e. The monoisotopic (exact) mass is 690 g/mol. The molecule has 4 aliphatic heterocycles. The molecule has 182 valence electrons. The van der Waals surface area contributed by atoms with Crippen molar-refractivity contribution in [1.29, 1.82) is 0 Å². The smallest absolute Gasteiger partial charge is 0.321 e. The van der Waals surface area contributed by atoms with E-state index in [4.69, 9.17) is 20.4 Å². The Bertz CT molecular complexity index is 662. The van der Waals surface area contributed by atoms with Gasteiger partial charge in [-0.2, -0.15) is 0 Å². The third kappa shape index (κ3) is 15.1.